The van der Waals surface area contributed by atoms with E-state index < -0.39 is 5.97 Å². The quantitative estimate of drug-likeness (QED) is 0.734. The SMILES string of the molecule is COc1cccc(-c2[nH]c3c(C)ccc(C)c3c2CC(=O)O)c1OC. The molecule has 5 heteroatoms. The van der Waals surface area contributed by atoms with Gasteiger partial charge < -0.3 is 19.6 Å². The maximum Gasteiger partial charge on any atom is 0.307 e. The number of rotatable bonds is 5. The minimum absolute atomic E-state index is 0.0695. The number of aromatic amines is 1. The number of ether oxygens (including phenoxy) is 2. The number of carbonyl (C=O) groups is 1. The Hall–Kier alpha value is -2.95. The van der Waals surface area contributed by atoms with E-state index in [9.17, 15) is 9.90 Å². The first-order chi connectivity index (χ1) is 12.0. The van der Waals surface area contributed by atoms with Gasteiger partial charge in [0.2, 0.25) is 0 Å². The summed E-state index contributed by atoms with van der Waals surface area (Å²) in [7, 11) is 3.16. The molecule has 2 aromatic carbocycles. The Morgan fingerprint density at radius 3 is 2.44 bits per heavy atom. The molecule has 0 aliphatic rings. The summed E-state index contributed by atoms with van der Waals surface area (Å²) in [4.78, 5) is 14.9. The van der Waals surface area contributed by atoms with Gasteiger partial charge in [-0.1, -0.05) is 18.2 Å². The molecular weight excluding hydrogens is 318 g/mol. The lowest BCUT2D eigenvalue weighted by molar-refractivity contribution is -0.136. The van der Waals surface area contributed by atoms with E-state index in [4.69, 9.17) is 9.47 Å². The average Bonchev–Trinajstić information content (AvgIpc) is 2.97. The lowest BCUT2D eigenvalue weighted by Crippen LogP contribution is -2.02. The Labute approximate surface area is 146 Å². The van der Waals surface area contributed by atoms with Gasteiger partial charge in [0, 0.05) is 16.5 Å². The predicted octanol–water partition coefficient (Wildman–Crippen LogP) is 4.10. The molecule has 0 saturated carbocycles. The van der Waals surface area contributed by atoms with Crippen molar-refractivity contribution in [1.29, 1.82) is 0 Å². The maximum atomic E-state index is 11.5. The number of para-hydroxylation sites is 1. The third kappa shape index (κ3) is 2.82. The van der Waals surface area contributed by atoms with Gasteiger partial charge >= 0.3 is 5.97 Å². The van der Waals surface area contributed by atoms with Crippen molar-refractivity contribution >= 4 is 16.9 Å². The van der Waals surface area contributed by atoms with Crippen LogP contribution < -0.4 is 9.47 Å². The molecule has 0 aliphatic heterocycles. The highest BCUT2D eigenvalue weighted by Crippen LogP contribution is 2.42. The summed E-state index contributed by atoms with van der Waals surface area (Å²) in [6.45, 7) is 4.00. The number of aryl methyl sites for hydroxylation is 2. The molecule has 1 heterocycles. The highest BCUT2D eigenvalue weighted by molar-refractivity contribution is 5.98. The van der Waals surface area contributed by atoms with Gasteiger partial charge in [0.05, 0.1) is 26.3 Å². The first-order valence-electron chi connectivity index (χ1n) is 8.01. The fourth-order valence-electron chi connectivity index (χ4n) is 3.33. The highest BCUT2D eigenvalue weighted by Gasteiger charge is 2.22. The fraction of sp³-hybridized carbons (Fsp3) is 0.250. The number of H-pyrrole nitrogens is 1. The number of carboxylic acids is 1. The second-order valence-electron chi connectivity index (χ2n) is 6.04. The summed E-state index contributed by atoms with van der Waals surface area (Å²) < 4.78 is 10.9. The summed E-state index contributed by atoms with van der Waals surface area (Å²) in [5.41, 5.74) is 5.37. The molecule has 0 bridgehead atoms. The number of benzene rings is 2. The van der Waals surface area contributed by atoms with E-state index in [1.165, 1.54) is 0 Å². The third-order valence-electron chi connectivity index (χ3n) is 4.48. The Morgan fingerprint density at radius 1 is 1.08 bits per heavy atom. The molecule has 0 spiro atoms. The van der Waals surface area contributed by atoms with E-state index in [0.29, 0.717) is 11.5 Å². The molecule has 0 atom stereocenters. The second kappa shape index (κ2) is 6.51. The van der Waals surface area contributed by atoms with Crippen molar-refractivity contribution < 1.29 is 19.4 Å². The van der Waals surface area contributed by atoms with Crippen LogP contribution in [0.1, 0.15) is 16.7 Å². The van der Waals surface area contributed by atoms with Crippen LogP contribution in [0.3, 0.4) is 0 Å². The standard InChI is InChI=1S/C20H21NO4/c1-11-8-9-12(2)18-17(11)14(10-16(22)23)19(21-18)13-6-5-7-15(24-3)20(13)25-4/h5-9,21H,10H2,1-4H3,(H,22,23). The molecule has 130 valence electrons. The van der Waals surface area contributed by atoms with E-state index in [1.807, 2.05) is 44.2 Å². The van der Waals surface area contributed by atoms with Crippen molar-refractivity contribution in [1.82, 2.24) is 4.98 Å². The van der Waals surface area contributed by atoms with Crippen LogP contribution in [0.4, 0.5) is 0 Å². The van der Waals surface area contributed by atoms with Crippen molar-refractivity contribution in [3.8, 4) is 22.8 Å². The molecule has 2 N–H and O–H groups in total. The smallest absolute Gasteiger partial charge is 0.307 e. The minimum atomic E-state index is -0.870. The molecule has 0 radical (unpaired) electrons. The zero-order valence-electron chi connectivity index (χ0n) is 14.8. The predicted molar refractivity (Wildman–Crippen MR) is 97.7 cm³/mol. The fourth-order valence-corrected chi connectivity index (χ4v) is 3.33. The molecule has 25 heavy (non-hydrogen) atoms. The van der Waals surface area contributed by atoms with Gasteiger partial charge in [-0.05, 0) is 42.7 Å². The molecule has 5 nitrogen and oxygen atoms in total. The molecule has 3 rings (SSSR count). The molecular formula is C20H21NO4. The third-order valence-corrected chi connectivity index (χ3v) is 4.48. The van der Waals surface area contributed by atoms with Gasteiger partial charge in [0.15, 0.2) is 11.5 Å². The number of carboxylic acid groups (broad SMARTS) is 1. The molecule has 0 amide bonds. The molecule has 3 aromatic rings. The molecule has 0 unspecified atom stereocenters. The number of aliphatic carboxylic acids is 1. The minimum Gasteiger partial charge on any atom is -0.493 e. The van der Waals surface area contributed by atoms with Gasteiger partial charge in [-0.25, -0.2) is 0 Å². The summed E-state index contributed by atoms with van der Waals surface area (Å²) in [6, 6.07) is 9.64. The van der Waals surface area contributed by atoms with Gasteiger partial charge in [0.1, 0.15) is 0 Å². The van der Waals surface area contributed by atoms with Crippen molar-refractivity contribution in [2.24, 2.45) is 0 Å². The van der Waals surface area contributed by atoms with Gasteiger partial charge in [-0.2, -0.15) is 0 Å². The van der Waals surface area contributed by atoms with Crippen LogP contribution in [-0.4, -0.2) is 30.3 Å². The second-order valence-corrected chi connectivity index (χ2v) is 6.04. The summed E-state index contributed by atoms with van der Waals surface area (Å²) in [5.74, 6) is 0.316. The first kappa shape index (κ1) is 16.9. The summed E-state index contributed by atoms with van der Waals surface area (Å²) >= 11 is 0. The monoisotopic (exact) mass is 339 g/mol. The number of hydrogen-bond donors (Lipinski definition) is 2. The molecule has 0 aliphatic carbocycles. The highest BCUT2D eigenvalue weighted by atomic mass is 16.5. The van der Waals surface area contributed by atoms with Crippen LogP contribution in [0.2, 0.25) is 0 Å². The van der Waals surface area contributed by atoms with Gasteiger partial charge in [-0.15, -0.1) is 0 Å². The van der Waals surface area contributed by atoms with E-state index in [-0.39, 0.29) is 6.42 Å². The van der Waals surface area contributed by atoms with E-state index in [2.05, 4.69) is 4.98 Å². The van der Waals surface area contributed by atoms with E-state index >= 15 is 0 Å². The zero-order valence-corrected chi connectivity index (χ0v) is 14.8. The average molecular weight is 339 g/mol. The van der Waals surface area contributed by atoms with Crippen molar-refractivity contribution in [2.45, 2.75) is 20.3 Å². The van der Waals surface area contributed by atoms with Gasteiger partial charge in [-0.3, -0.25) is 4.79 Å². The molecule has 1 aromatic heterocycles. The Kier molecular flexibility index (Phi) is 4.40. The number of nitrogens with one attached hydrogen (secondary N) is 1. The van der Waals surface area contributed by atoms with Crippen molar-refractivity contribution in [3.05, 3.63) is 47.0 Å². The Morgan fingerprint density at radius 2 is 1.80 bits per heavy atom. The number of hydrogen-bond acceptors (Lipinski definition) is 3. The number of fused-ring (bicyclic) bond motifs is 1. The lowest BCUT2D eigenvalue weighted by atomic mass is 9.98. The van der Waals surface area contributed by atoms with Crippen LogP contribution in [0.25, 0.3) is 22.2 Å². The topological polar surface area (TPSA) is 71.6 Å². The molecule has 0 fully saturated rings. The van der Waals surface area contributed by atoms with Crippen molar-refractivity contribution in [2.75, 3.05) is 14.2 Å². The largest absolute Gasteiger partial charge is 0.493 e. The normalized spacial score (nSPS) is 10.9. The molecule has 0 saturated heterocycles. The van der Waals surface area contributed by atoms with Crippen LogP contribution >= 0.6 is 0 Å². The van der Waals surface area contributed by atoms with Crippen LogP contribution in [0.15, 0.2) is 30.3 Å². The Balaban J connectivity index is 2.39. The van der Waals surface area contributed by atoms with Gasteiger partial charge in [0.25, 0.3) is 0 Å². The zero-order chi connectivity index (χ0) is 18.1. The van der Waals surface area contributed by atoms with Crippen LogP contribution in [0.5, 0.6) is 11.5 Å². The number of methoxy groups -OCH3 is 2. The van der Waals surface area contributed by atoms with Crippen LogP contribution in [-0.2, 0) is 11.2 Å². The summed E-state index contributed by atoms with van der Waals surface area (Å²) in [6.07, 6.45) is -0.0695. The van der Waals surface area contributed by atoms with Crippen molar-refractivity contribution in [3.63, 3.8) is 0 Å². The van der Waals surface area contributed by atoms with E-state index in [1.54, 1.807) is 14.2 Å². The maximum absolute atomic E-state index is 11.5. The van der Waals surface area contributed by atoms with E-state index in [0.717, 1.165) is 38.9 Å². The summed E-state index contributed by atoms with van der Waals surface area (Å²) in [5, 5.41) is 10.4. The first-order valence-corrected chi connectivity index (χ1v) is 8.01. The van der Waals surface area contributed by atoms with Crippen LogP contribution in [0, 0.1) is 13.8 Å². The lowest BCUT2D eigenvalue weighted by Gasteiger charge is -2.13. The number of aromatic nitrogens is 1. The Bertz CT molecular complexity index is 956.